The summed E-state index contributed by atoms with van der Waals surface area (Å²) in [5, 5.41) is 12.5. The molecule has 0 aliphatic carbocycles. The lowest BCUT2D eigenvalue weighted by Gasteiger charge is -2.25. The molecule has 1 aromatic rings. The van der Waals surface area contributed by atoms with E-state index in [1.54, 1.807) is 23.9 Å². The van der Waals surface area contributed by atoms with Crippen LogP contribution in [0.3, 0.4) is 0 Å². The van der Waals surface area contributed by atoms with Crippen molar-refractivity contribution in [2.45, 2.75) is 13.8 Å². The normalized spacial score (nSPS) is 15.0. The van der Waals surface area contributed by atoms with Crippen LogP contribution in [0.15, 0.2) is 40.5 Å². The van der Waals surface area contributed by atoms with Gasteiger partial charge in [0.15, 0.2) is 11.8 Å². The van der Waals surface area contributed by atoms with E-state index in [2.05, 4.69) is 10.2 Å². The summed E-state index contributed by atoms with van der Waals surface area (Å²) in [7, 11) is 4.02. The first-order chi connectivity index (χ1) is 10.2. The van der Waals surface area contributed by atoms with Gasteiger partial charge in [-0.1, -0.05) is 41.4 Å². The quantitative estimate of drug-likeness (QED) is 0.269. The van der Waals surface area contributed by atoms with E-state index in [0.29, 0.717) is 11.8 Å². The summed E-state index contributed by atoms with van der Waals surface area (Å²) in [6.07, 6.45) is 0. The number of hydrazone groups is 2. The third-order valence-electron chi connectivity index (χ3n) is 2.36. The fourth-order valence-corrected chi connectivity index (χ4v) is 4.52. The molecule has 0 saturated heterocycles. The zero-order valence-electron chi connectivity index (χ0n) is 13.9. The molecule has 0 amide bonds. The topological polar surface area (TPSA) is 49.7 Å². The van der Waals surface area contributed by atoms with Crippen LogP contribution in [0.5, 0.6) is 0 Å². The maximum absolute atomic E-state index is 6.72. The fraction of sp³-hybridized carbons (Fsp3) is 0.429. The predicted octanol–water partition coefficient (Wildman–Crippen LogP) is 1.89. The molecule has 0 bridgehead atoms. The highest BCUT2D eigenvalue weighted by Crippen LogP contribution is 2.15. The Bertz CT molecular complexity index is 509. The van der Waals surface area contributed by atoms with Crippen molar-refractivity contribution in [3.8, 4) is 0 Å². The maximum Gasteiger partial charge on any atom is 0.607 e. The molecule has 0 fully saturated rings. The van der Waals surface area contributed by atoms with Crippen molar-refractivity contribution < 1.29 is 8.85 Å². The van der Waals surface area contributed by atoms with Gasteiger partial charge in [-0.05, 0) is 0 Å². The minimum absolute atomic E-state index is 0.438. The molecule has 0 aliphatic heterocycles. The molecule has 122 valence electrons. The van der Waals surface area contributed by atoms with Crippen molar-refractivity contribution >= 4 is 35.9 Å². The highest BCUT2D eigenvalue weighted by Gasteiger charge is 2.44. The summed E-state index contributed by atoms with van der Waals surface area (Å²) >= 11 is 6.72. The average Bonchev–Trinajstić information content (AvgIpc) is 2.37. The summed E-state index contributed by atoms with van der Waals surface area (Å²) in [5.74, 6) is 0.876. The Balaban J connectivity index is 3.10. The van der Waals surface area contributed by atoms with Crippen LogP contribution >= 0.6 is 11.1 Å². The van der Waals surface area contributed by atoms with Crippen molar-refractivity contribution in [1.29, 1.82) is 0 Å². The third kappa shape index (κ3) is 5.95. The smallest absolute Gasteiger partial charge is 0.485 e. The average molecular weight is 343 g/mol. The molecule has 0 spiro atoms. The second-order valence-corrected chi connectivity index (χ2v) is 8.59. The van der Waals surface area contributed by atoms with Gasteiger partial charge in [0.05, 0.1) is 0 Å². The molecule has 0 heterocycles. The van der Waals surface area contributed by atoms with E-state index in [1.807, 2.05) is 58.5 Å². The molecule has 1 rings (SSSR count). The van der Waals surface area contributed by atoms with Crippen molar-refractivity contribution in [2.24, 2.45) is 10.2 Å². The number of hydrogen-bond acceptors (Lipinski definition) is 6. The molecule has 0 aromatic heterocycles. The lowest BCUT2D eigenvalue weighted by molar-refractivity contribution is 0.364. The summed E-state index contributed by atoms with van der Waals surface area (Å²) in [6, 6.07) is 9.46. The minimum Gasteiger partial charge on any atom is -0.485 e. The molecular formula is C14H23ClN4O2Si. The van der Waals surface area contributed by atoms with Crippen LogP contribution in [0.1, 0.15) is 13.8 Å². The lowest BCUT2D eigenvalue weighted by Crippen LogP contribution is -2.51. The molecule has 1 aromatic carbocycles. The second-order valence-electron chi connectivity index (χ2n) is 5.04. The van der Waals surface area contributed by atoms with Gasteiger partial charge in [-0.25, -0.2) is 0 Å². The molecule has 0 saturated carbocycles. The molecule has 8 heteroatoms. The van der Waals surface area contributed by atoms with Crippen molar-refractivity contribution in [1.82, 2.24) is 10.0 Å². The van der Waals surface area contributed by atoms with E-state index in [9.17, 15) is 0 Å². The Morgan fingerprint density at radius 2 is 1.32 bits per heavy atom. The van der Waals surface area contributed by atoms with Gasteiger partial charge < -0.3 is 8.85 Å². The SMILES string of the molecule is C/C(=N/N(C)C)O[Si](Cl)(O/C(C)=N/N(C)C)c1ccccc1. The predicted molar refractivity (Wildman–Crippen MR) is 93.4 cm³/mol. The van der Waals surface area contributed by atoms with Gasteiger partial charge in [-0.2, -0.15) is 0 Å². The molecule has 0 radical (unpaired) electrons. The van der Waals surface area contributed by atoms with Crippen LogP contribution in [-0.4, -0.2) is 57.9 Å². The summed E-state index contributed by atoms with van der Waals surface area (Å²) in [4.78, 5) is 0. The number of halogens is 1. The summed E-state index contributed by atoms with van der Waals surface area (Å²) in [5.41, 5.74) is 0. The lowest BCUT2D eigenvalue weighted by atomic mass is 10.4. The van der Waals surface area contributed by atoms with Gasteiger partial charge in [0.2, 0.25) is 0 Å². The van der Waals surface area contributed by atoms with E-state index in [4.69, 9.17) is 19.9 Å². The molecule has 1 atom stereocenters. The Morgan fingerprint density at radius 3 is 1.68 bits per heavy atom. The first-order valence-electron chi connectivity index (χ1n) is 6.80. The fourth-order valence-electron chi connectivity index (χ4n) is 1.76. The Hall–Kier alpha value is -1.73. The van der Waals surface area contributed by atoms with Crippen LogP contribution < -0.4 is 5.19 Å². The Labute approximate surface area is 137 Å². The zero-order valence-corrected chi connectivity index (χ0v) is 15.6. The molecule has 0 aliphatic rings. The Morgan fingerprint density at radius 1 is 0.909 bits per heavy atom. The first kappa shape index (κ1) is 18.3. The van der Waals surface area contributed by atoms with Gasteiger partial charge in [0, 0.05) is 47.2 Å². The molecule has 0 N–H and O–H groups in total. The van der Waals surface area contributed by atoms with Crippen LogP contribution in [0.4, 0.5) is 0 Å². The Kier molecular flexibility index (Phi) is 6.70. The van der Waals surface area contributed by atoms with E-state index < -0.39 is 7.87 Å². The maximum atomic E-state index is 6.72. The van der Waals surface area contributed by atoms with Crippen molar-refractivity contribution in [3.63, 3.8) is 0 Å². The zero-order chi connectivity index (χ0) is 16.8. The molecular weight excluding hydrogens is 320 g/mol. The second kappa shape index (κ2) is 8.05. The van der Waals surface area contributed by atoms with Gasteiger partial charge in [0.1, 0.15) is 0 Å². The number of nitrogens with zero attached hydrogens (tertiary/aromatic N) is 4. The van der Waals surface area contributed by atoms with E-state index in [-0.39, 0.29) is 0 Å². The third-order valence-corrected chi connectivity index (χ3v) is 5.61. The highest BCUT2D eigenvalue weighted by molar-refractivity contribution is 7.21. The van der Waals surface area contributed by atoms with Crippen LogP contribution in [0.25, 0.3) is 0 Å². The minimum atomic E-state index is -3.23. The van der Waals surface area contributed by atoms with Crippen molar-refractivity contribution in [2.75, 3.05) is 28.2 Å². The van der Waals surface area contributed by atoms with E-state index in [0.717, 1.165) is 5.19 Å². The standard InChI is InChI=1S/C14H23ClN4O2Si/c1-12(16-18(3)4)20-22(15,14-10-8-7-9-11-14)21-13(2)17-19(5)6/h7-11H,1-6H3/b16-12-,17-13+. The van der Waals surface area contributed by atoms with E-state index >= 15 is 0 Å². The highest BCUT2D eigenvalue weighted by atomic mass is 35.6. The first-order valence-corrected chi connectivity index (χ1v) is 9.63. The number of rotatable bonds is 5. The molecule has 1 unspecified atom stereocenters. The largest absolute Gasteiger partial charge is 0.607 e. The van der Waals surface area contributed by atoms with Crippen LogP contribution in [0, 0.1) is 0 Å². The summed E-state index contributed by atoms with van der Waals surface area (Å²) in [6.45, 7) is 3.49. The van der Waals surface area contributed by atoms with Gasteiger partial charge in [0.25, 0.3) is 0 Å². The van der Waals surface area contributed by atoms with Crippen molar-refractivity contribution in [3.05, 3.63) is 30.3 Å². The van der Waals surface area contributed by atoms with Gasteiger partial charge >= 0.3 is 7.87 Å². The van der Waals surface area contributed by atoms with Gasteiger partial charge in [-0.15, -0.1) is 10.2 Å². The molecule has 22 heavy (non-hydrogen) atoms. The van der Waals surface area contributed by atoms with Crippen LogP contribution in [0.2, 0.25) is 0 Å². The van der Waals surface area contributed by atoms with Gasteiger partial charge in [-0.3, -0.25) is 10.0 Å². The monoisotopic (exact) mass is 342 g/mol. The number of hydrogen-bond donors (Lipinski definition) is 0. The summed E-state index contributed by atoms with van der Waals surface area (Å²) < 4.78 is 11.8. The number of benzene rings is 1. The molecule has 6 nitrogen and oxygen atoms in total. The van der Waals surface area contributed by atoms with Crippen LogP contribution in [-0.2, 0) is 8.85 Å². The van der Waals surface area contributed by atoms with E-state index in [1.165, 1.54) is 0 Å².